The topological polar surface area (TPSA) is 24.1 Å². The summed E-state index contributed by atoms with van der Waals surface area (Å²) in [5.74, 6) is 0. The fraction of sp³-hybridized carbons (Fsp3) is 0.188. The Kier molecular flexibility index (Phi) is 22.1. The van der Waals surface area contributed by atoms with Crippen molar-refractivity contribution in [3.8, 4) is 44.5 Å². The summed E-state index contributed by atoms with van der Waals surface area (Å²) in [5.41, 5.74) is 23.8. The van der Waals surface area contributed by atoms with Crippen LogP contribution in [0.5, 0.6) is 0 Å². The van der Waals surface area contributed by atoms with Crippen LogP contribution < -0.4 is 10.9 Å². The second-order valence-electron chi connectivity index (χ2n) is 15.6. The number of hydrogen-bond donors (Lipinski definition) is 2. The summed E-state index contributed by atoms with van der Waals surface area (Å²) < 4.78 is 0. The molecule has 0 amide bonds. The van der Waals surface area contributed by atoms with E-state index in [1.54, 1.807) is 0 Å². The zero-order valence-corrected chi connectivity index (χ0v) is 41.1. The third kappa shape index (κ3) is 14.9. The maximum absolute atomic E-state index is 3.43. The smallest absolute Gasteiger partial charge is 0.0793 e. The van der Waals surface area contributed by atoms with Crippen LogP contribution in [0.1, 0.15) is 83.2 Å². The molecule has 2 nitrogen and oxygen atoms in total. The van der Waals surface area contributed by atoms with E-state index < -0.39 is 0 Å². The summed E-state index contributed by atoms with van der Waals surface area (Å²) in [6.07, 6.45) is 6.48. The second kappa shape index (κ2) is 28.2. The molecular weight excluding hydrogens is 797 g/mol. The average Bonchev–Trinajstić information content (AvgIpc) is 3.39. The molecule has 0 aliphatic rings. The third-order valence-corrected chi connectivity index (χ3v) is 10.9. The molecule has 0 atom stereocenters. The maximum Gasteiger partial charge on any atom is 0.0793 e. The number of aryl methyl sites for hydroxylation is 2. The van der Waals surface area contributed by atoms with Gasteiger partial charge in [-0.15, -0.1) is 0 Å². The van der Waals surface area contributed by atoms with Gasteiger partial charge in [-0.3, -0.25) is 5.43 Å². The first-order valence-electron chi connectivity index (χ1n) is 23.7. The lowest BCUT2D eigenvalue weighted by atomic mass is 9.85. The predicted molar refractivity (Wildman–Crippen MR) is 291 cm³/mol. The van der Waals surface area contributed by atoms with Crippen molar-refractivity contribution in [2.45, 2.75) is 74.8 Å². The lowest BCUT2D eigenvalue weighted by Gasteiger charge is -2.32. The second-order valence-corrected chi connectivity index (χ2v) is 15.6. The molecule has 338 valence electrons. The van der Waals surface area contributed by atoms with Crippen molar-refractivity contribution >= 4 is 5.57 Å². The molecule has 8 aromatic carbocycles. The van der Waals surface area contributed by atoms with Crippen LogP contribution in [0.4, 0.5) is 0 Å². The number of rotatable bonds is 11. The third-order valence-electron chi connectivity index (χ3n) is 10.9. The van der Waals surface area contributed by atoms with E-state index in [-0.39, 0.29) is 5.54 Å². The average molecular weight is 869 g/mol. The van der Waals surface area contributed by atoms with E-state index >= 15 is 0 Å². The molecule has 0 bridgehead atoms. The van der Waals surface area contributed by atoms with Gasteiger partial charge >= 0.3 is 0 Å². The molecule has 0 aromatic heterocycles. The van der Waals surface area contributed by atoms with Gasteiger partial charge in [0.2, 0.25) is 0 Å². The molecule has 66 heavy (non-hydrogen) atoms. The molecule has 0 aliphatic carbocycles. The highest BCUT2D eigenvalue weighted by molar-refractivity contribution is 5.88. The number of benzene rings is 8. The Morgan fingerprint density at radius 1 is 0.439 bits per heavy atom. The van der Waals surface area contributed by atoms with Crippen LogP contribution >= 0.6 is 0 Å². The highest BCUT2D eigenvalue weighted by Crippen LogP contribution is 2.37. The van der Waals surface area contributed by atoms with Crippen molar-refractivity contribution in [2.75, 3.05) is 6.54 Å². The van der Waals surface area contributed by atoms with E-state index in [2.05, 4.69) is 253 Å². The Labute approximate surface area is 398 Å². The molecule has 0 spiro atoms. The Morgan fingerprint density at radius 2 is 0.833 bits per heavy atom. The molecule has 0 heterocycles. The summed E-state index contributed by atoms with van der Waals surface area (Å²) >= 11 is 0. The summed E-state index contributed by atoms with van der Waals surface area (Å²) in [7, 11) is 0. The van der Waals surface area contributed by atoms with Crippen LogP contribution in [0.25, 0.3) is 50.1 Å². The van der Waals surface area contributed by atoms with E-state index in [1.165, 1.54) is 77.9 Å². The first-order chi connectivity index (χ1) is 32.3. The first-order valence-corrected chi connectivity index (χ1v) is 23.7. The Balaban J connectivity index is 0.000000270. The van der Waals surface area contributed by atoms with Gasteiger partial charge in [0, 0.05) is 6.54 Å². The molecule has 0 radical (unpaired) electrons. The van der Waals surface area contributed by atoms with Crippen molar-refractivity contribution in [3.63, 3.8) is 0 Å². The molecule has 0 aliphatic heterocycles. The lowest BCUT2D eigenvalue weighted by Crippen LogP contribution is -2.48. The highest BCUT2D eigenvalue weighted by Gasteiger charge is 2.27. The fourth-order valence-corrected chi connectivity index (χ4v) is 7.66. The molecule has 8 aromatic rings. The van der Waals surface area contributed by atoms with Gasteiger partial charge in [-0.2, -0.15) is 0 Å². The number of hydrazine groups is 1. The molecule has 2 heteroatoms. The Bertz CT molecular complexity index is 2590. The molecule has 2 N–H and O–H groups in total. The quantitative estimate of drug-likeness (QED) is 0.1000. The van der Waals surface area contributed by atoms with Gasteiger partial charge in [0.15, 0.2) is 0 Å². The van der Waals surface area contributed by atoms with Gasteiger partial charge in [0.05, 0.1) is 5.54 Å². The molecule has 8 rings (SSSR count). The van der Waals surface area contributed by atoms with Crippen LogP contribution in [0.3, 0.4) is 0 Å². The molecule has 0 saturated heterocycles. The van der Waals surface area contributed by atoms with E-state index in [0.717, 1.165) is 6.54 Å². The van der Waals surface area contributed by atoms with E-state index in [9.17, 15) is 0 Å². The monoisotopic (exact) mass is 869 g/mol. The summed E-state index contributed by atoms with van der Waals surface area (Å²) in [6.45, 7) is 21.6. The van der Waals surface area contributed by atoms with Crippen molar-refractivity contribution in [1.29, 1.82) is 0 Å². The van der Waals surface area contributed by atoms with Crippen molar-refractivity contribution < 1.29 is 0 Å². The minimum Gasteiger partial charge on any atom is -0.257 e. The van der Waals surface area contributed by atoms with E-state index in [0.29, 0.717) is 0 Å². The minimum atomic E-state index is -0.224. The zero-order chi connectivity index (χ0) is 47.6. The standard InChI is InChI=1S/C37H32.C16H20N2.C7H8.2C2H6/c1-4-14-28(5-2)32-23-33(29-15-8-6-9-16-29)25-34(24-32)31-21-27(3)22-35(26-31)37-20-13-12-19-36(37)30-17-10-7-11-18-30;1-3-17-18-16(2,14-10-6-4-7-11-14)15-12-8-5-9-13-15;1-7-5-3-2-4-6-7;2*1-2/h4-26H,1-3H3;4-13,17-18H,3H2,1-2H3;2-6H,1H3;2*1-2H3/b14-4-,28-5+;;;;. The van der Waals surface area contributed by atoms with Gasteiger partial charge in [-0.1, -0.05) is 246 Å². The van der Waals surface area contributed by atoms with Crippen LogP contribution in [0.2, 0.25) is 0 Å². The normalized spacial score (nSPS) is 10.8. The first kappa shape index (κ1) is 51.8. The van der Waals surface area contributed by atoms with Crippen LogP contribution in [-0.2, 0) is 5.54 Å². The number of allylic oxidation sites excluding steroid dienone is 4. The van der Waals surface area contributed by atoms with Gasteiger partial charge in [-0.25, -0.2) is 5.43 Å². The SMILES string of the molecule is C/C=C\C(=C/C)c1cc(-c2ccccc2)cc(-c2cc(C)cc(-c3ccccc3-c3ccccc3)c2)c1.CC.CC.CCNNC(C)(c1ccccc1)c1ccccc1.Cc1ccccc1. The molecule has 0 fully saturated rings. The largest absolute Gasteiger partial charge is 0.257 e. The van der Waals surface area contributed by atoms with E-state index in [4.69, 9.17) is 0 Å². The highest BCUT2D eigenvalue weighted by atomic mass is 15.4. The molecular formula is C64H72N2. The number of nitrogens with one attached hydrogen (secondary N) is 2. The van der Waals surface area contributed by atoms with Gasteiger partial charge in [0.25, 0.3) is 0 Å². The number of hydrogen-bond acceptors (Lipinski definition) is 2. The van der Waals surface area contributed by atoms with Crippen LogP contribution in [0, 0.1) is 13.8 Å². The van der Waals surface area contributed by atoms with Gasteiger partial charge in [-0.05, 0) is 131 Å². The minimum absolute atomic E-state index is 0.224. The van der Waals surface area contributed by atoms with Crippen molar-refractivity contribution in [3.05, 3.63) is 258 Å². The summed E-state index contributed by atoms with van der Waals surface area (Å²) in [4.78, 5) is 0. The Morgan fingerprint density at radius 3 is 1.29 bits per heavy atom. The lowest BCUT2D eigenvalue weighted by molar-refractivity contribution is 0.372. The predicted octanol–water partition coefficient (Wildman–Crippen LogP) is 17.8. The van der Waals surface area contributed by atoms with Crippen molar-refractivity contribution in [2.24, 2.45) is 0 Å². The van der Waals surface area contributed by atoms with Crippen LogP contribution in [0.15, 0.2) is 231 Å². The molecule has 0 unspecified atom stereocenters. The van der Waals surface area contributed by atoms with Crippen LogP contribution in [-0.4, -0.2) is 6.54 Å². The summed E-state index contributed by atoms with van der Waals surface area (Å²) in [5, 5.41) is 0. The summed E-state index contributed by atoms with van der Waals surface area (Å²) in [6, 6.07) is 75.1. The maximum atomic E-state index is 3.43. The van der Waals surface area contributed by atoms with Gasteiger partial charge in [0.1, 0.15) is 0 Å². The van der Waals surface area contributed by atoms with Gasteiger partial charge < -0.3 is 0 Å². The Hall–Kier alpha value is -6.84. The molecule has 0 saturated carbocycles. The van der Waals surface area contributed by atoms with Crippen molar-refractivity contribution in [1.82, 2.24) is 10.9 Å². The van der Waals surface area contributed by atoms with E-state index in [1.807, 2.05) is 58.0 Å². The zero-order valence-electron chi connectivity index (χ0n) is 41.1. The fourth-order valence-electron chi connectivity index (χ4n) is 7.66.